The van der Waals surface area contributed by atoms with Gasteiger partial charge in [0, 0.05) is 5.02 Å². The van der Waals surface area contributed by atoms with Gasteiger partial charge >= 0.3 is 0 Å². The molecule has 0 N–H and O–H groups in total. The van der Waals surface area contributed by atoms with Gasteiger partial charge in [0.25, 0.3) is 0 Å². The van der Waals surface area contributed by atoms with E-state index in [1.807, 2.05) is 30.3 Å². The van der Waals surface area contributed by atoms with E-state index in [2.05, 4.69) is 6.58 Å². The first kappa shape index (κ1) is 11.1. The third-order valence-corrected chi connectivity index (χ3v) is 2.14. The molecule has 0 saturated heterocycles. The van der Waals surface area contributed by atoms with Crippen molar-refractivity contribution in [1.29, 1.82) is 0 Å². The van der Waals surface area contributed by atoms with Gasteiger partial charge in [0.1, 0.15) is 5.75 Å². The van der Waals surface area contributed by atoms with Crippen LogP contribution in [0.2, 0.25) is 5.02 Å². The summed E-state index contributed by atoms with van der Waals surface area (Å²) in [6, 6.07) is 7.44. The van der Waals surface area contributed by atoms with E-state index in [0.29, 0.717) is 0 Å². The first-order valence-corrected chi connectivity index (χ1v) is 5.20. The van der Waals surface area contributed by atoms with Gasteiger partial charge in [0.15, 0.2) is 0 Å². The molecular formula is C12H15ClO. The van der Waals surface area contributed by atoms with E-state index in [1.54, 1.807) is 0 Å². The predicted molar refractivity (Wildman–Crippen MR) is 61.0 cm³/mol. The molecule has 1 nitrogen and oxygen atoms in total. The van der Waals surface area contributed by atoms with Gasteiger partial charge in [-0.25, -0.2) is 0 Å². The van der Waals surface area contributed by atoms with Crippen LogP contribution >= 0.6 is 11.6 Å². The third-order valence-electron chi connectivity index (χ3n) is 1.88. The fourth-order valence-corrected chi connectivity index (χ4v) is 1.24. The molecule has 2 heteroatoms. The largest absolute Gasteiger partial charge is 0.494 e. The molecule has 0 aliphatic rings. The number of halogens is 1. The number of allylic oxidation sites excluding steroid dienone is 1. The highest BCUT2D eigenvalue weighted by molar-refractivity contribution is 6.30. The number of unbranched alkanes of at least 4 members (excludes halogenated alkanes) is 2. The van der Waals surface area contributed by atoms with Crippen LogP contribution in [0.4, 0.5) is 0 Å². The molecule has 0 aliphatic carbocycles. The van der Waals surface area contributed by atoms with E-state index < -0.39 is 0 Å². The van der Waals surface area contributed by atoms with Crippen molar-refractivity contribution in [2.24, 2.45) is 0 Å². The Morgan fingerprint density at radius 2 is 1.93 bits per heavy atom. The van der Waals surface area contributed by atoms with Crippen molar-refractivity contribution in [3.05, 3.63) is 41.9 Å². The van der Waals surface area contributed by atoms with Crippen LogP contribution in [0.3, 0.4) is 0 Å². The molecule has 0 aromatic heterocycles. The van der Waals surface area contributed by atoms with Crippen LogP contribution in [0.25, 0.3) is 0 Å². The van der Waals surface area contributed by atoms with Gasteiger partial charge in [-0.3, -0.25) is 0 Å². The summed E-state index contributed by atoms with van der Waals surface area (Å²) in [5, 5.41) is 0.740. The Bertz CT molecular complexity index is 266. The lowest BCUT2D eigenvalue weighted by atomic mass is 10.2. The highest BCUT2D eigenvalue weighted by Gasteiger charge is 1.93. The average Bonchev–Trinajstić information content (AvgIpc) is 2.21. The van der Waals surface area contributed by atoms with E-state index in [1.165, 1.54) is 0 Å². The summed E-state index contributed by atoms with van der Waals surface area (Å²) >= 11 is 5.75. The molecule has 0 radical (unpaired) electrons. The lowest BCUT2D eigenvalue weighted by Gasteiger charge is -2.04. The molecule has 0 amide bonds. The van der Waals surface area contributed by atoms with Crippen molar-refractivity contribution in [3.8, 4) is 5.75 Å². The topological polar surface area (TPSA) is 9.23 Å². The molecule has 1 aromatic rings. The van der Waals surface area contributed by atoms with E-state index in [9.17, 15) is 0 Å². The maximum Gasteiger partial charge on any atom is 0.119 e. The molecule has 1 aromatic carbocycles. The molecule has 0 fully saturated rings. The van der Waals surface area contributed by atoms with Gasteiger partial charge in [0.05, 0.1) is 6.61 Å². The molecule has 0 bridgehead atoms. The Labute approximate surface area is 90.3 Å². The van der Waals surface area contributed by atoms with Gasteiger partial charge in [-0.2, -0.15) is 0 Å². The summed E-state index contributed by atoms with van der Waals surface area (Å²) in [4.78, 5) is 0. The van der Waals surface area contributed by atoms with Gasteiger partial charge in [-0.15, -0.1) is 6.58 Å². The summed E-state index contributed by atoms with van der Waals surface area (Å²) in [5.74, 6) is 0.882. The number of ether oxygens (including phenoxy) is 1. The third kappa shape index (κ3) is 4.33. The van der Waals surface area contributed by atoms with E-state index in [0.717, 1.165) is 36.6 Å². The van der Waals surface area contributed by atoms with Crippen LogP contribution < -0.4 is 4.74 Å². The van der Waals surface area contributed by atoms with Crippen molar-refractivity contribution in [2.75, 3.05) is 6.61 Å². The molecule has 76 valence electrons. The van der Waals surface area contributed by atoms with Crippen molar-refractivity contribution in [3.63, 3.8) is 0 Å². The maximum absolute atomic E-state index is 5.75. The van der Waals surface area contributed by atoms with Gasteiger partial charge in [-0.1, -0.05) is 17.7 Å². The van der Waals surface area contributed by atoms with Crippen LogP contribution in [0, 0.1) is 0 Å². The van der Waals surface area contributed by atoms with Crippen LogP contribution in [-0.4, -0.2) is 6.61 Å². The number of benzene rings is 1. The standard InChI is InChI=1S/C12H15ClO/c1-2-3-4-5-10-14-12-8-6-11(13)7-9-12/h2,6-9H,1,3-5,10H2. The van der Waals surface area contributed by atoms with Gasteiger partial charge < -0.3 is 4.74 Å². The zero-order valence-corrected chi connectivity index (χ0v) is 8.96. The minimum Gasteiger partial charge on any atom is -0.494 e. The van der Waals surface area contributed by atoms with Gasteiger partial charge in [0.2, 0.25) is 0 Å². The Morgan fingerprint density at radius 1 is 1.21 bits per heavy atom. The summed E-state index contributed by atoms with van der Waals surface area (Å²) in [5.41, 5.74) is 0. The summed E-state index contributed by atoms with van der Waals surface area (Å²) in [6.07, 6.45) is 5.19. The van der Waals surface area contributed by atoms with Crippen LogP contribution in [0.5, 0.6) is 5.75 Å². The van der Waals surface area contributed by atoms with E-state index >= 15 is 0 Å². The van der Waals surface area contributed by atoms with Gasteiger partial charge in [-0.05, 0) is 43.5 Å². The minimum atomic E-state index is 0.740. The van der Waals surface area contributed by atoms with Crippen LogP contribution in [-0.2, 0) is 0 Å². The second kappa shape index (κ2) is 6.50. The fraction of sp³-hybridized carbons (Fsp3) is 0.333. The normalized spacial score (nSPS) is 9.79. The Balaban J connectivity index is 2.18. The molecule has 1 rings (SSSR count). The molecular weight excluding hydrogens is 196 g/mol. The lowest BCUT2D eigenvalue weighted by molar-refractivity contribution is 0.307. The Morgan fingerprint density at radius 3 is 2.57 bits per heavy atom. The first-order valence-electron chi connectivity index (χ1n) is 4.82. The average molecular weight is 211 g/mol. The smallest absolute Gasteiger partial charge is 0.119 e. The Kier molecular flexibility index (Phi) is 5.16. The van der Waals surface area contributed by atoms with Crippen molar-refractivity contribution in [1.82, 2.24) is 0 Å². The molecule has 0 heterocycles. The van der Waals surface area contributed by atoms with E-state index in [4.69, 9.17) is 16.3 Å². The molecule has 0 saturated carbocycles. The second-order valence-corrected chi connectivity index (χ2v) is 3.52. The molecule has 0 unspecified atom stereocenters. The second-order valence-electron chi connectivity index (χ2n) is 3.09. The van der Waals surface area contributed by atoms with Crippen LogP contribution in [0.1, 0.15) is 19.3 Å². The minimum absolute atomic E-state index is 0.740. The fourth-order valence-electron chi connectivity index (χ4n) is 1.11. The van der Waals surface area contributed by atoms with E-state index in [-0.39, 0.29) is 0 Å². The maximum atomic E-state index is 5.75. The summed E-state index contributed by atoms with van der Waals surface area (Å²) in [6.45, 7) is 4.43. The molecule has 0 atom stereocenters. The Hall–Kier alpha value is -0.950. The summed E-state index contributed by atoms with van der Waals surface area (Å²) in [7, 11) is 0. The number of hydrogen-bond acceptors (Lipinski definition) is 1. The highest BCUT2D eigenvalue weighted by Crippen LogP contribution is 2.15. The highest BCUT2D eigenvalue weighted by atomic mass is 35.5. The van der Waals surface area contributed by atoms with Crippen molar-refractivity contribution < 1.29 is 4.74 Å². The molecule has 14 heavy (non-hydrogen) atoms. The van der Waals surface area contributed by atoms with Crippen molar-refractivity contribution >= 4 is 11.6 Å². The zero-order valence-electron chi connectivity index (χ0n) is 8.21. The predicted octanol–water partition coefficient (Wildman–Crippen LogP) is 4.08. The lowest BCUT2D eigenvalue weighted by Crippen LogP contribution is -1.96. The quantitative estimate of drug-likeness (QED) is 0.508. The summed E-state index contributed by atoms with van der Waals surface area (Å²) < 4.78 is 5.51. The molecule has 0 aliphatic heterocycles. The monoisotopic (exact) mass is 210 g/mol. The van der Waals surface area contributed by atoms with Crippen LogP contribution in [0.15, 0.2) is 36.9 Å². The number of hydrogen-bond donors (Lipinski definition) is 0. The first-order chi connectivity index (χ1) is 6.83. The SMILES string of the molecule is C=CCCCCOc1ccc(Cl)cc1. The molecule has 0 spiro atoms. The van der Waals surface area contributed by atoms with Crippen molar-refractivity contribution in [2.45, 2.75) is 19.3 Å². The number of rotatable bonds is 6. The zero-order chi connectivity index (χ0) is 10.2.